The molecule has 0 spiro atoms. The lowest BCUT2D eigenvalue weighted by Gasteiger charge is -2.21. The largest absolute Gasteiger partial charge is 0.411 e. The first-order chi connectivity index (χ1) is 13.5. The molecule has 1 aromatic heterocycles. The van der Waals surface area contributed by atoms with Crippen LogP contribution in [0, 0.1) is 25.2 Å². The molecular weight excluding hydrogens is 350 g/mol. The summed E-state index contributed by atoms with van der Waals surface area (Å²) < 4.78 is 0. The maximum atomic E-state index is 11.7. The lowest BCUT2D eigenvalue weighted by Crippen LogP contribution is -2.15. The van der Waals surface area contributed by atoms with E-state index in [1.54, 1.807) is 31.3 Å². The van der Waals surface area contributed by atoms with Crippen molar-refractivity contribution in [2.45, 2.75) is 26.2 Å². The Balaban J connectivity index is 2.05. The van der Waals surface area contributed by atoms with Gasteiger partial charge in [-0.05, 0) is 48.7 Å². The van der Waals surface area contributed by atoms with Crippen LogP contribution >= 0.6 is 0 Å². The molecule has 28 heavy (non-hydrogen) atoms. The van der Waals surface area contributed by atoms with E-state index in [4.69, 9.17) is 5.26 Å². The molecule has 0 saturated heterocycles. The van der Waals surface area contributed by atoms with Crippen LogP contribution in [0.25, 0.3) is 0 Å². The number of oxime groups is 1. The van der Waals surface area contributed by atoms with Gasteiger partial charge in [0.05, 0.1) is 17.3 Å². The Labute approximate surface area is 163 Å². The van der Waals surface area contributed by atoms with E-state index in [1.165, 1.54) is 0 Å². The van der Waals surface area contributed by atoms with E-state index in [9.17, 15) is 10.0 Å². The van der Waals surface area contributed by atoms with Crippen LogP contribution in [0.15, 0.2) is 70.7 Å². The summed E-state index contributed by atoms with van der Waals surface area (Å²) in [5.74, 6) is -0.0629. The summed E-state index contributed by atoms with van der Waals surface area (Å²) in [4.78, 5) is 14.3. The minimum Gasteiger partial charge on any atom is -0.411 e. The fourth-order valence-corrected chi connectivity index (χ4v) is 3.35. The summed E-state index contributed by atoms with van der Waals surface area (Å²) >= 11 is 0. The fraction of sp³-hybridized carbons (Fsp3) is 0.174. The molecule has 5 heteroatoms. The normalized spacial score (nSPS) is 12.4. The van der Waals surface area contributed by atoms with Crippen molar-refractivity contribution in [2.24, 2.45) is 5.16 Å². The average Bonchev–Trinajstić information content (AvgIpc) is 2.72. The van der Waals surface area contributed by atoms with Crippen molar-refractivity contribution in [1.29, 1.82) is 5.26 Å². The molecule has 0 aliphatic rings. The Bertz CT molecular complexity index is 1110. The van der Waals surface area contributed by atoms with E-state index in [1.807, 2.05) is 37.3 Å². The average molecular weight is 371 g/mol. The maximum Gasteiger partial charge on any atom is 0.250 e. The Morgan fingerprint density at radius 2 is 1.86 bits per heavy atom. The van der Waals surface area contributed by atoms with Crippen molar-refractivity contribution in [3.63, 3.8) is 0 Å². The number of nitrogens with one attached hydrogen (secondary N) is 1. The smallest absolute Gasteiger partial charge is 0.250 e. The van der Waals surface area contributed by atoms with Gasteiger partial charge in [-0.25, -0.2) is 0 Å². The number of benzene rings is 2. The molecule has 140 valence electrons. The van der Waals surface area contributed by atoms with Crippen molar-refractivity contribution in [3.05, 3.63) is 105 Å². The monoisotopic (exact) mass is 371 g/mol. The Hall–Kier alpha value is -3.65. The van der Waals surface area contributed by atoms with Crippen LogP contribution in [0.2, 0.25) is 0 Å². The zero-order valence-electron chi connectivity index (χ0n) is 15.8. The summed E-state index contributed by atoms with van der Waals surface area (Å²) in [6.07, 6.45) is 2.01. The molecule has 1 heterocycles. The van der Waals surface area contributed by atoms with Crippen LogP contribution in [0.1, 0.15) is 45.7 Å². The number of H-pyrrole nitrogens is 1. The molecule has 0 bridgehead atoms. The SMILES string of the molecule is Cc1ccccc1[C@H](C/C(=N\O)c1c[nH]c(=O)c(C)c1)c1ccc(C#N)cc1. The summed E-state index contributed by atoms with van der Waals surface area (Å²) in [5.41, 5.74) is 5.42. The highest BCUT2D eigenvalue weighted by Crippen LogP contribution is 2.32. The summed E-state index contributed by atoms with van der Waals surface area (Å²) in [7, 11) is 0. The van der Waals surface area contributed by atoms with Crippen LogP contribution in [0.3, 0.4) is 0 Å². The second-order valence-electron chi connectivity index (χ2n) is 6.79. The topological polar surface area (TPSA) is 89.2 Å². The first-order valence-electron chi connectivity index (χ1n) is 8.99. The van der Waals surface area contributed by atoms with Crippen molar-refractivity contribution < 1.29 is 5.21 Å². The number of nitrogens with zero attached hydrogens (tertiary/aromatic N) is 2. The van der Waals surface area contributed by atoms with Crippen molar-refractivity contribution in [2.75, 3.05) is 0 Å². The third kappa shape index (κ3) is 4.02. The van der Waals surface area contributed by atoms with Crippen molar-refractivity contribution >= 4 is 5.71 Å². The van der Waals surface area contributed by atoms with E-state index >= 15 is 0 Å². The van der Waals surface area contributed by atoms with E-state index in [0.717, 1.165) is 16.7 Å². The van der Waals surface area contributed by atoms with Crippen LogP contribution < -0.4 is 5.56 Å². The van der Waals surface area contributed by atoms with Gasteiger partial charge in [0.25, 0.3) is 5.56 Å². The van der Waals surface area contributed by atoms with E-state index < -0.39 is 0 Å². The number of rotatable bonds is 5. The number of aromatic nitrogens is 1. The van der Waals surface area contributed by atoms with Gasteiger partial charge in [0, 0.05) is 29.7 Å². The summed E-state index contributed by atoms with van der Waals surface area (Å²) in [5, 5.41) is 22.3. The molecule has 3 rings (SSSR count). The molecule has 0 fully saturated rings. The van der Waals surface area contributed by atoms with Gasteiger partial charge in [-0.1, -0.05) is 41.6 Å². The molecule has 1 atom stereocenters. The van der Waals surface area contributed by atoms with Crippen LogP contribution in [-0.2, 0) is 0 Å². The predicted octanol–water partition coefficient (Wildman–Crippen LogP) is 4.26. The summed E-state index contributed by atoms with van der Waals surface area (Å²) in [6.45, 7) is 3.77. The lowest BCUT2D eigenvalue weighted by molar-refractivity contribution is 0.317. The number of hydrogen-bond acceptors (Lipinski definition) is 4. The van der Waals surface area contributed by atoms with Gasteiger partial charge in [-0.3, -0.25) is 4.79 Å². The molecule has 2 N–H and O–H groups in total. The minimum absolute atomic E-state index is 0.0629. The van der Waals surface area contributed by atoms with E-state index in [2.05, 4.69) is 22.3 Å². The number of aryl methyl sites for hydroxylation is 2. The molecule has 0 aliphatic heterocycles. The van der Waals surface area contributed by atoms with Gasteiger partial charge in [0.1, 0.15) is 0 Å². The van der Waals surface area contributed by atoms with Gasteiger partial charge in [-0.2, -0.15) is 5.26 Å². The standard InChI is InChI=1S/C23H21N3O2/c1-15-5-3-4-6-20(15)21(18-9-7-17(13-24)8-10-18)12-22(26-28)19-11-16(2)23(27)25-14-19/h3-11,14,21,28H,12H2,1-2H3,(H,25,27)/b26-22+/t21-/m1/s1. The zero-order chi connectivity index (χ0) is 20.1. The van der Waals surface area contributed by atoms with Crippen LogP contribution in [0.4, 0.5) is 0 Å². The molecule has 0 unspecified atom stereocenters. The predicted molar refractivity (Wildman–Crippen MR) is 109 cm³/mol. The Morgan fingerprint density at radius 3 is 2.46 bits per heavy atom. The molecule has 3 aromatic rings. The lowest BCUT2D eigenvalue weighted by atomic mass is 9.83. The van der Waals surface area contributed by atoms with Gasteiger partial charge in [0.2, 0.25) is 0 Å². The number of aromatic amines is 1. The number of nitriles is 1. The Morgan fingerprint density at radius 1 is 1.14 bits per heavy atom. The molecule has 0 saturated carbocycles. The van der Waals surface area contributed by atoms with E-state index in [-0.39, 0.29) is 11.5 Å². The number of pyridine rings is 1. The quantitative estimate of drug-likeness (QED) is 0.399. The number of hydrogen-bond donors (Lipinski definition) is 2. The zero-order valence-corrected chi connectivity index (χ0v) is 15.8. The van der Waals surface area contributed by atoms with Crippen molar-refractivity contribution in [1.82, 2.24) is 4.98 Å². The second kappa shape index (κ2) is 8.36. The highest BCUT2D eigenvalue weighted by molar-refractivity contribution is 6.00. The molecular formula is C23H21N3O2. The molecule has 2 aromatic carbocycles. The molecule has 0 aliphatic carbocycles. The summed E-state index contributed by atoms with van der Waals surface area (Å²) in [6, 6.07) is 19.4. The third-order valence-electron chi connectivity index (χ3n) is 4.95. The van der Waals surface area contributed by atoms with Crippen LogP contribution in [-0.4, -0.2) is 15.9 Å². The van der Waals surface area contributed by atoms with Gasteiger partial charge >= 0.3 is 0 Å². The second-order valence-corrected chi connectivity index (χ2v) is 6.79. The highest BCUT2D eigenvalue weighted by atomic mass is 16.4. The van der Waals surface area contributed by atoms with Crippen molar-refractivity contribution in [3.8, 4) is 6.07 Å². The first kappa shape index (κ1) is 19.1. The van der Waals surface area contributed by atoms with Crippen LogP contribution in [0.5, 0.6) is 0 Å². The van der Waals surface area contributed by atoms with Gasteiger partial charge < -0.3 is 10.2 Å². The minimum atomic E-state index is -0.163. The fourth-order valence-electron chi connectivity index (χ4n) is 3.35. The first-order valence-corrected chi connectivity index (χ1v) is 8.99. The van der Waals surface area contributed by atoms with E-state index in [0.29, 0.717) is 28.8 Å². The molecule has 5 nitrogen and oxygen atoms in total. The maximum absolute atomic E-state index is 11.7. The highest BCUT2D eigenvalue weighted by Gasteiger charge is 2.20. The van der Waals surface area contributed by atoms with Gasteiger partial charge in [-0.15, -0.1) is 0 Å². The van der Waals surface area contributed by atoms with Gasteiger partial charge in [0.15, 0.2) is 0 Å². The Kier molecular flexibility index (Phi) is 5.71. The molecule has 0 radical (unpaired) electrons. The molecule has 0 amide bonds. The third-order valence-corrected chi connectivity index (χ3v) is 4.95.